The molecule has 22 heavy (non-hydrogen) atoms. The van der Waals surface area contributed by atoms with Crippen molar-refractivity contribution in [1.29, 1.82) is 0 Å². The van der Waals surface area contributed by atoms with E-state index < -0.39 is 5.97 Å². The highest BCUT2D eigenvalue weighted by molar-refractivity contribution is 7.18. The van der Waals surface area contributed by atoms with Crippen LogP contribution < -0.4 is 0 Å². The van der Waals surface area contributed by atoms with E-state index in [1.54, 1.807) is 24.5 Å². The Bertz CT molecular complexity index is 815. The number of thiazole rings is 1. The van der Waals surface area contributed by atoms with Gasteiger partial charge in [0.25, 0.3) is 0 Å². The molecule has 0 atom stereocenters. The van der Waals surface area contributed by atoms with Gasteiger partial charge in [0.15, 0.2) is 0 Å². The van der Waals surface area contributed by atoms with Gasteiger partial charge in [0.2, 0.25) is 0 Å². The number of hydrogen-bond acceptors (Lipinski definition) is 6. The van der Waals surface area contributed by atoms with E-state index in [-0.39, 0.29) is 5.69 Å². The first-order chi connectivity index (χ1) is 10.7. The van der Waals surface area contributed by atoms with Crippen LogP contribution in [0.3, 0.4) is 0 Å². The maximum absolute atomic E-state index is 11.6. The van der Waals surface area contributed by atoms with E-state index in [0.717, 1.165) is 21.1 Å². The van der Waals surface area contributed by atoms with Gasteiger partial charge in [-0.2, -0.15) is 0 Å². The van der Waals surface area contributed by atoms with Crippen molar-refractivity contribution in [2.24, 2.45) is 0 Å². The molecule has 0 saturated carbocycles. The summed E-state index contributed by atoms with van der Waals surface area (Å²) >= 11 is 1.53. The molecule has 0 radical (unpaired) electrons. The summed E-state index contributed by atoms with van der Waals surface area (Å²) in [6.45, 7) is 1.93. The maximum Gasteiger partial charge on any atom is 0.356 e. The highest BCUT2D eigenvalue weighted by atomic mass is 32.1. The third kappa shape index (κ3) is 2.73. The number of carbonyl (C=O) groups excluding carboxylic acids is 1. The van der Waals surface area contributed by atoms with E-state index in [1.807, 2.05) is 25.1 Å². The Morgan fingerprint density at radius 2 is 2.05 bits per heavy atom. The number of hydrogen-bond donors (Lipinski definition) is 0. The average molecular weight is 311 g/mol. The van der Waals surface area contributed by atoms with Crippen LogP contribution in [0.5, 0.6) is 0 Å². The first-order valence-corrected chi connectivity index (χ1v) is 7.44. The van der Waals surface area contributed by atoms with Crippen LogP contribution in [0.15, 0.2) is 42.7 Å². The average Bonchev–Trinajstić information content (AvgIpc) is 2.97. The second kappa shape index (κ2) is 6.03. The molecule has 0 bridgehead atoms. The van der Waals surface area contributed by atoms with Gasteiger partial charge >= 0.3 is 5.97 Å². The van der Waals surface area contributed by atoms with E-state index >= 15 is 0 Å². The number of aryl methyl sites for hydroxylation is 1. The van der Waals surface area contributed by atoms with Gasteiger partial charge in [0, 0.05) is 18.0 Å². The number of ether oxygens (including phenoxy) is 1. The second-order valence-electron chi connectivity index (χ2n) is 4.57. The van der Waals surface area contributed by atoms with Crippen molar-refractivity contribution in [1.82, 2.24) is 15.0 Å². The molecule has 3 aromatic heterocycles. The SMILES string of the molecule is COC(=O)c1cccc(-c2sc(-c3cccnc3)nc2C)n1. The summed E-state index contributed by atoms with van der Waals surface area (Å²) in [5.41, 5.74) is 2.84. The molecule has 0 amide bonds. The van der Waals surface area contributed by atoms with Crippen LogP contribution >= 0.6 is 11.3 Å². The number of nitrogens with zero attached hydrogens (tertiary/aromatic N) is 3. The summed E-state index contributed by atoms with van der Waals surface area (Å²) in [4.78, 5) is 25.6. The van der Waals surface area contributed by atoms with Crippen molar-refractivity contribution >= 4 is 17.3 Å². The van der Waals surface area contributed by atoms with Gasteiger partial charge in [-0.15, -0.1) is 11.3 Å². The molecule has 0 aliphatic rings. The lowest BCUT2D eigenvalue weighted by molar-refractivity contribution is 0.0594. The molecular weight excluding hydrogens is 298 g/mol. The monoisotopic (exact) mass is 311 g/mol. The lowest BCUT2D eigenvalue weighted by Crippen LogP contribution is -2.04. The number of esters is 1. The third-order valence-corrected chi connectivity index (χ3v) is 4.31. The molecule has 0 unspecified atom stereocenters. The van der Waals surface area contributed by atoms with Crippen LogP contribution in [0.2, 0.25) is 0 Å². The minimum atomic E-state index is -0.448. The Balaban J connectivity index is 2.03. The zero-order valence-corrected chi connectivity index (χ0v) is 12.9. The van der Waals surface area contributed by atoms with Gasteiger partial charge in [-0.1, -0.05) is 6.07 Å². The lowest BCUT2D eigenvalue weighted by Gasteiger charge is -2.01. The van der Waals surface area contributed by atoms with Gasteiger partial charge in [-0.3, -0.25) is 4.98 Å². The number of methoxy groups -OCH3 is 1. The Morgan fingerprint density at radius 3 is 2.77 bits per heavy atom. The molecule has 0 aromatic carbocycles. The summed E-state index contributed by atoms with van der Waals surface area (Å²) < 4.78 is 4.71. The van der Waals surface area contributed by atoms with E-state index in [2.05, 4.69) is 15.0 Å². The van der Waals surface area contributed by atoms with Crippen LogP contribution in [-0.2, 0) is 4.74 Å². The predicted molar refractivity (Wildman–Crippen MR) is 84.7 cm³/mol. The van der Waals surface area contributed by atoms with Crippen molar-refractivity contribution in [2.45, 2.75) is 6.92 Å². The molecule has 0 aliphatic carbocycles. The molecule has 0 N–H and O–H groups in total. The topological polar surface area (TPSA) is 65.0 Å². The van der Waals surface area contributed by atoms with Crippen molar-refractivity contribution in [3.63, 3.8) is 0 Å². The minimum absolute atomic E-state index is 0.288. The summed E-state index contributed by atoms with van der Waals surface area (Å²) in [5, 5.41) is 0.880. The van der Waals surface area contributed by atoms with Gasteiger partial charge in [-0.05, 0) is 31.2 Å². The quantitative estimate of drug-likeness (QED) is 0.694. The highest BCUT2D eigenvalue weighted by Crippen LogP contribution is 2.33. The number of rotatable bonds is 3. The fourth-order valence-electron chi connectivity index (χ4n) is 2.03. The van der Waals surface area contributed by atoms with E-state index in [0.29, 0.717) is 5.69 Å². The smallest absolute Gasteiger partial charge is 0.356 e. The van der Waals surface area contributed by atoms with Gasteiger partial charge in [-0.25, -0.2) is 14.8 Å². The molecule has 3 rings (SSSR count). The van der Waals surface area contributed by atoms with Gasteiger partial charge in [0.1, 0.15) is 10.7 Å². The third-order valence-electron chi connectivity index (χ3n) is 3.08. The summed E-state index contributed by atoms with van der Waals surface area (Å²) in [7, 11) is 1.34. The number of aromatic nitrogens is 3. The zero-order chi connectivity index (χ0) is 15.5. The van der Waals surface area contributed by atoms with Crippen molar-refractivity contribution in [3.05, 3.63) is 54.1 Å². The molecule has 0 saturated heterocycles. The van der Waals surface area contributed by atoms with E-state index in [4.69, 9.17) is 4.74 Å². The van der Waals surface area contributed by atoms with E-state index in [9.17, 15) is 4.79 Å². The zero-order valence-electron chi connectivity index (χ0n) is 12.1. The normalized spacial score (nSPS) is 10.5. The summed E-state index contributed by atoms with van der Waals surface area (Å²) in [5.74, 6) is -0.448. The molecular formula is C16H13N3O2S. The predicted octanol–water partition coefficient (Wildman–Crippen LogP) is 3.36. The fourth-order valence-corrected chi connectivity index (χ4v) is 3.05. The molecule has 3 aromatic rings. The number of carbonyl (C=O) groups is 1. The van der Waals surface area contributed by atoms with Crippen LogP contribution in [0.1, 0.15) is 16.2 Å². The van der Waals surface area contributed by atoms with Crippen molar-refractivity contribution in [3.8, 4) is 21.1 Å². The Kier molecular flexibility index (Phi) is 3.93. The Labute approximate surface area is 131 Å². The summed E-state index contributed by atoms with van der Waals surface area (Å²) in [6.07, 6.45) is 3.51. The molecule has 0 fully saturated rings. The van der Waals surface area contributed by atoms with E-state index in [1.165, 1.54) is 18.4 Å². The van der Waals surface area contributed by atoms with Gasteiger partial charge in [0.05, 0.1) is 23.4 Å². The maximum atomic E-state index is 11.6. The van der Waals surface area contributed by atoms with Crippen LogP contribution in [0.4, 0.5) is 0 Å². The molecule has 6 heteroatoms. The first-order valence-electron chi connectivity index (χ1n) is 6.62. The molecule has 0 spiro atoms. The molecule has 3 heterocycles. The van der Waals surface area contributed by atoms with Crippen LogP contribution in [0.25, 0.3) is 21.1 Å². The molecule has 110 valence electrons. The first kappa shape index (κ1) is 14.3. The molecule has 5 nitrogen and oxygen atoms in total. The Hall–Kier alpha value is -2.60. The number of pyridine rings is 2. The lowest BCUT2D eigenvalue weighted by atomic mass is 10.2. The summed E-state index contributed by atoms with van der Waals surface area (Å²) in [6, 6.07) is 9.13. The largest absolute Gasteiger partial charge is 0.464 e. The highest BCUT2D eigenvalue weighted by Gasteiger charge is 2.14. The van der Waals surface area contributed by atoms with Crippen molar-refractivity contribution in [2.75, 3.05) is 7.11 Å². The van der Waals surface area contributed by atoms with Crippen LogP contribution in [-0.4, -0.2) is 28.0 Å². The second-order valence-corrected chi connectivity index (χ2v) is 5.57. The minimum Gasteiger partial charge on any atom is -0.464 e. The van der Waals surface area contributed by atoms with Crippen molar-refractivity contribution < 1.29 is 9.53 Å². The standard InChI is InChI=1S/C16H13N3O2S/c1-10-14(12-6-3-7-13(19-12)16(20)21-2)22-15(18-10)11-5-4-8-17-9-11/h3-9H,1-2H3. The van der Waals surface area contributed by atoms with Crippen LogP contribution in [0, 0.1) is 6.92 Å². The van der Waals surface area contributed by atoms with Gasteiger partial charge < -0.3 is 4.74 Å². The Morgan fingerprint density at radius 1 is 1.18 bits per heavy atom. The fraction of sp³-hybridized carbons (Fsp3) is 0.125. The molecule has 0 aliphatic heterocycles.